The molecule has 8 nitrogen and oxygen atoms in total. The van der Waals surface area contributed by atoms with Gasteiger partial charge in [0, 0.05) is 24.4 Å². The summed E-state index contributed by atoms with van der Waals surface area (Å²) in [6, 6.07) is 18.0. The fraction of sp³-hybridized carbons (Fsp3) is 0.541. The molecule has 3 aromatic rings. The molecule has 2 aromatic carbocycles. The molecule has 2 fully saturated rings. The normalized spacial score (nSPS) is 17.5. The third kappa shape index (κ3) is 9.10. The Morgan fingerprint density at radius 2 is 1.74 bits per heavy atom. The average molecular weight is 648 g/mol. The topological polar surface area (TPSA) is 97.0 Å². The van der Waals surface area contributed by atoms with E-state index in [0.29, 0.717) is 56.4 Å². The standard InChI is InChI=1S/C37H49N3O5S/c1-26-12-13-29-24-32(46-31(29)22-26)33(41)39-37(17-8-9-18-37)34(42)38-30(23-28-10-6-5-7-11-28)25-44-21-16-27-14-19-40(20-15-27)35(43)45-36(2,3)4/h5-7,10-13,22,24,27,30H,8-9,14-21,23,25H2,1-4H3,(H,38,42)(H,39,41)/t30-/m1/s1. The van der Waals surface area contributed by atoms with Gasteiger partial charge in [-0.2, -0.15) is 0 Å². The second-order valence-electron chi connectivity index (χ2n) is 14.0. The third-order valence-electron chi connectivity index (χ3n) is 9.06. The van der Waals surface area contributed by atoms with E-state index in [1.165, 1.54) is 11.3 Å². The van der Waals surface area contributed by atoms with Gasteiger partial charge < -0.3 is 25.0 Å². The summed E-state index contributed by atoms with van der Waals surface area (Å²) in [5.74, 6) is 0.162. The summed E-state index contributed by atoms with van der Waals surface area (Å²) in [6.45, 7) is 10.1. The molecule has 2 heterocycles. The lowest BCUT2D eigenvalue weighted by Gasteiger charge is -2.33. The number of piperidine rings is 1. The molecule has 1 aliphatic carbocycles. The number of rotatable bonds is 11. The number of likely N-dealkylation sites (tertiary alicyclic amines) is 1. The van der Waals surface area contributed by atoms with Gasteiger partial charge in [-0.15, -0.1) is 11.3 Å². The van der Waals surface area contributed by atoms with Crippen molar-refractivity contribution < 1.29 is 23.9 Å². The maximum atomic E-state index is 14.0. The van der Waals surface area contributed by atoms with Crippen LogP contribution >= 0.6 is 11.3 Å². The summed E-state index contributed by atoms with van der Waals surface area (Å²) in [5, 5.41) is 7.49. The molecule has 0 spiro atoms. The molecule has 3 amide bonds. The van der Waals surface area contributed by atoms with E-state index in [4.69, 9.17) is 9.47 Å². The molecule has 2 N–H and O–H groups in total. The minimum absolute atomic E-state index is 0.130. The van der Waals surface area contributed by atoms with Gasteiger partial charge in [0.1, 0.15) is 11.1 Å². The lowest BCUT2D eigenvalue weighted by Crippen LogP contribution is -2.59. The van der Waals surface area contributed by atoms with E-state index >= 15 is 0 Å². The quantitative estimate of drug-likeness (QED) is 0.218. The minimum atomic E-state index is -0.930. The van der Waals surface area contributed by atoms with Gasteiger partial charge in [-0.3, -0.25) is 9.59 Å². The van der Waals surface area contributed by atoms with E-state index in [-0.39, 0.29) is 23.9 Å². The molecule has 0 radical (unpaired) electrons. The second-order valence-corrected chi connectivity index (χ2v) is 15.1. The first kappa shape index (κ1) is 33.9. The molecule has 0 bridgehead atoms. The molecule has 1 atom stereocenters. The predicted octanol–water partition coefficient (Wildman–Crippen LogP) is 7.03. The van der Waals surface area contributed by atoms with Crippen molar-refractivity contribution in [1.29, 1.82) is 0 Å². The Labute approximate surface area is 277 Å². The third-order valence-corrected chi connectivity index (χ3v) is 10.2. The Morgan fingerprint density at radius 1 is 1.02 bits per heavy atom. The number of benzene rings is 2. The molecule has 1 saturated carbocycles. The highest BCUT2D eigenvalue weighted by Gasteiger charge is 2.43. The predicted molar refractivity (Wildman–Crippen MR) is 183 cm³/mol. The SMILES string of the molecule is Cc1ccc2cc(C(=O)NC3(C(=O)N[C@@H](COCCC4CCN(C(=O)OC(C)(C)C)CC4)Cc4ccccc4)CCCC3)sc2c1. The van der Waals surface area contributed by atoms with Crippen LogP contribution in [-0.2, 0) is 20.7 Å². The fourth-order valence-corrected chi connectivity index (χ4v) is 7.55. The van der Waals surface area contributed by atoms with E-state index in [0.717, 1.165) is 53.3 Å². The van der Waals surface area contributed by atoms with Gasteiger partial charge in [-0.25, -0.2) is 4.79 Å². The van der Waals surface area contributed by atoms with Gasteiger partial charge in [-0.1, -0.05) is 55.3 Å². The Balaban J connectivity index is 1.17. The number of ether oxygens (including phenoxy) is 2. The number of nitrogens with zero attached hydrogens (tertiary/aromatic N) is 1. The molecule has 1 saturated heterocycles. The van der Waals surface area contributed by atoms with Crippen LogP contribution in [0.4, 0.5) is 4.79 Å². The van der Waals surface area contributed by atoms with Crippen LogP contribution in [0, 0.1) is 12.8 Å². The second kappa shape index (κ2) is 15.0. The highest BCUT2D eigenvalue weighted by Crippen LogP contribution is 2.32. The maximum absolute atomic E-state index is 14.0. The van der Waals surface area contributed by atoms with Gasteiger partial charge in [0.2, 0.25) is 5.91 Å². The van der Waals surface area contributed by atoms with Crippen molar-refractivity contribution in [3.05, 3.63) is 70.6 Å². The molecule has 0 unspecified atom stereocenters. The van der Waals surface area contributed by atoms with E-state index in [9.17, 15) is 14.4 Å². The van der Waals surface area contributed by atoms with Crippen LogP contribution in [0.1, 0.15) is 86.5 Å². The molecular weight excluding hydrogens is 598 g/mol. The highest BCUT2D eigenvalue weighted by atomic mass is 32.1. The summed E-state index contributed by atoms with van der Waals surface area (Å²) in [5.41, 5.74) is 0.856. The van der Waals surface area contributed by atoms with Crippen LogP contribution in [0.15, 0.2) is 54.6 Å². The zero-order valence-corrected chi connectivity index (χ0v) is 28.5. The fourth-order valence-electron chi connectivity index (χ4n) is 6.50. The van der Waals surface area contributed by atoms with E-state index in [1.807, 2.05) is 64.1 Å². The lowest BCUT2D eigenvalue weighted by molar-refractivity contribution is -0.128. The number of aryl methyl sites for hydroxylation is 1. The Bertz CT molecular complexity index is 1480. The molecule has 1 aliphatic heterocycles. The lowest BCUT2D eigenvalue weighted by atomic mass is 9.94. The van der Waals surface area contributed by atoms with Crippen molar-refractivity contribution in [3.63, 3.8) is 0 Å². The molecule has 9 heteroatoms. The molecule has 2 aliphatic rings. The van der Waals surface area contributed by atoms with E-state index < -0.39 is 11.1 Å². The summed E-state index contributed by atoms with van der Waals surface area (Å²) in [4.78, 5) is 42.3. The summed E-state index contributed by atoms with van der Waals surface area (Å²) in [6.07, 6.45) is 6.19. The van der Waals surface area contributed by atoms with Crippen molar-refractivity contribution in [2.75, 3.05) is 26.3 Å². The average Bonchev–Trinajstić information content (AvgIpc) is 3.67. The maximum Gasteiger partial charge on any atom is 0.410 e. The molecule has 1 aromatic heterocycles. The van der Waals surface area contributed by atoms with Gasteiger partial charge >= 0.3 is 6.09 Å². The first-order valence-electron chi connectivity index (χ1n) is 16.7. The number of amides is 3. The summed E-state index contributed by atoms with van der Waals surface area (Å²) >= 11 is 1.47. The van der Waals surface area contributed by atoms with Gasteiger partial charge in [0.25, 0.3) is 5.91 Å². The first-order chi connectivity index (χ1) is 22.0. The zero-order valence-electron chi connectivity index (χ0n) is 27.7. The molecule has 5 rings (SSSR count). The largest absolute Gasteiger partial charge is 0.444 e. The van der Waals surface area contributed by atoms with Crippen molar-refractivity contribution in [2.45, 2.75) is 96.2 Å². The monoisotopic (exact) mass is 647 g/mol. The Kier molecular flexibility index (Phi) is 11.1. The number of hydrogen-bond donors (Lipinski definition) is 2. The van der Waals surface area contributed by atoms with Crippen molar-refractivity contribution in [2.24, 2.45) is 5.92 Å². The van der Waals surface area contributed by atoms with Crippen molar-refractivity contribution in [3.8, 4) is 0 Å². The number of fused-ring (bicyclic) bond motifs is 1. The van der Waals surface area contributed by atoms with Crippen LogP contribution in [0.3, 0.4) is 0 Å². The highest BCUT2D eigenvalue weighted by molar-refractivity contribution is 7.20. The number of carbonyl (C=O) groups is 3. The van der Waals surface area contributed by atoms with E-state index in [1.54, 1.807) is 4.90 Å². The van der Waals surface area contributed by atoms with Gasteiger partial charge in [-0.05, 0) is 101 Å². The number of carbonyl (C=O) groups excluding carboxylic acids is 3. The smallest absolute Gasteiger partial charge is 0.410 e. The Hall–Kier alpha value is -3.43. The van der Waals surface area contributed by atoms with Gasteiger partial charge in [0.15, 0.2) is 0 Å². The number of hydrogen-bond acceptors (Lipinski definition) is 6. The summed E-state index contributed by atoms with van der Waals surface area (Å²) in [7, 11) is 0. The van der Waals surface area contributed by atoms with Crippen LogP contribution < -0.4 is 10.6 Å². The van der Waals surface area contributed by atoms with Crippen molar-refractivity contribution in [1.82, 2.24) is 15.5 Å². The van der Waals surface area contributed by atoms with Crippen LogP contribution in [-0.4, -0.2) is 66.3 Å². The Morgan fingerprint density at radius 3 is 2.43 bits per heavy atom. The number of nitrogens with one attached hydrogen (secondary N) is 2. The van der Waals surface area contributed by atoms with Crippen LogP contribution in [0.5, 0.6) is 0 Å². The molecular formula is C37H49N3O5S. The van der Waals surface area contributed by atoms with E-state index in [2.05, 4.69) is 28.8 Å². The van der Waals surface area contributed by atoms with Crippen LogP contribution in [0.25, 0.3) is 10.1 Å². The van der Waals surface area contributed by atoms with Crippen LogP contribution in [0.2, 0.25) is 0 Å². The summed E-state index contributed by atoms with van der Waals surface area (Å²) < 4.78 is 12.8. The molecule has 46 heavy (non-hydrogen) atoms. The van der Waals surface area contributed by atoms with Gasteiger partial charge in [0.05, 0.1) is 17.5 Å². The zero-order chi connectivity index (χ0) is 32.7. The molecule has 248 valence electrons. The minimum Gasteiger partial charge on any atom is -0.444 e. The van der Waals surface area contributed by atoms with Crippen molar-refractivity contribution >= 4 is 39.3 Å². The first-order valence-corrected chi connectivity index (χ1v) is 17.5. The number of thiophene rings is 1.